The smallest absolute Gasteiger partial charge is 0.320 e. The van der Waals surface area contributed by atoms with Crippen molar-refractivity contribution >= 4 is 11.9 Å². The molecule has 1 amide bonds. The molecular weight excluding hydrogens is 422 g/mol. The number of benzene rings is 2. The molecule has 176 valence electrons. The van der Waals surface area contributed by atoms with Gasteiger partial charge in [0.25, 0.3) is 5.91 Å². The number of unbranched alkanes of at least 4 members (excludes halogenated alkanes) is 1. The second kappa shape index (κ2) is 10.9. The molecule has 2 fully saturated rings. The van der Waals surface area contributed by atoms with Gasteiger partial charge in [-0.2, -0.15) is 0 Å². The number of morpholine rings is 1. The van der Waals surface area contributed by atoms with Crippen LogP contribution in [-0.2, 0) is 32.0 Å². The highest BCUT2D eigenvalue weighted by Gasteiger charge is 2.53. The Hall–Kier alpha value is -2.78. The molecule has 1 unspecified atom stereocenters. The van der Waals surface area contributed by atoms with Gasteiger partial charge in [-0.25, -0.2) is 0 Å². The van der Waals surface area contributed by atoms with Crippen molar-refractivity contribution in [3.63, 3.8) is 0 Å². The van der Waals surface area contributed by atoms with Gasteiger partial charge in [-0.1, -0.05) is 67.1 Å². The third-order valence-electron chi connectivity index (χ3n) is 6.17. The fourth-order valence-electron chi connectivity index (χ4n) is 4.44. The first-order valence-electron chi connectivity index (χ1n) is 11.4. The lowest BCUT2D eigenvalue weighted by Gasteiger charge is -2.38. The van der Waals surface area contributed by atoms with E-state index in [0.29, 0.717) is 32.4 Å². The minimum atomic E-state index is -0.980. The van der Waals surface area contributed by atoms with Gasteiger partial charge < -0.3 is 25.2 Å². The van der Waals surface area contributed by atoms with Crippen LogP contribution in [-0.4, -0.2) is 59.1 Å². The zero-order valence-electron chi connectivity index (χ0n) is 18.5. The number of carbonyl (C=O) groups is 2. The van der Waals surface area contributed by atoms with Crippen LogP contribution in [0.5, 0.6) is 0 Å². The van der Waals surface area contributed by atoms with Crippen LogP contribution in [0.1, 0.15) is 30.4 Å². The largest absolute Gasteiger partial charge is 0.480 e. The first-order chi connectivity index (χ1) is 16.1. The van der Waals surface area contributed by atoms with Gasteiger partial charge in [0.05, 0.1) is 6.04 Å². The number of nitrogens with two attached hydrogens (primary N) is 1. The molecule has 33 heavy (non-hydrogen) atoms. The standard InChI is InChI=1S/C25H31N3O5/c26-14-8-7-13-19(24(30)31)27-22-21-23(29)28(16-18-11-5-2-6-12-18)20(25(32-21)33-22)15-17-9-3-1-4-10-17/h1-6,9-12,19-22,25,27H,7-8,13-16,26H2,(H,30,31)/t19?,20-,21+,22+,25-/m1/s1. The highest BCUT2D eigenvalue weighted by molar-refractivity contribution is 5.83. The van der Waals surface area contributed by atoms with Crippen LogP contribution in [0, 0.1) is 0 Å². The van der Waals surface area contributed by atoms with Crippen LogP contribution in [0.2, 0.25) is 0 Å². The molecule has 0 saturated carbocycles. The minimum absolute atomic E-state index is 0.197. The summed E-state index contributed by atoms with van der Waals surface area (Å²) in [7, 11) is 0. The third kappa shape index (κ3) is 5.59. The van der Waals surface area contributed by atoms with Crippen molar-refractivity contribution in [1.82, 2.24) is 10.2 Å². The first-order valence-corrected chi connectivity index (χ1v) is 11.4. The van der Waals surface area contributed by atoms with Crippen molar-refractivity contribution in [3.05, 3.63) is 71.8 Å². The van der Waals surface area contributed by atoms with Crippen LogP contribution < -0.4 is 11.1 Å². The molecule has 8 heteroatoms. The Balaban J connectivity index is 1.54. The second-order valence-electron chi connectivity index (χ2n) is 8.53. The number of hydrogen-bond acceptors (Lipinski definition) is 6. The molecule has 2 bridgehead atoms. The maximum Gasteiger partial charge on any atom is 0.320 e. The van der Waals surface area contributed by atoms with Gasteiger partial charge in [-0.05, 0) is 36.9 Å². The molecule has 2 aliphatic heterocycles. The molecule has 2 aromatic rings. The Morgan fingerprint density at radius 3 is 2.33 bits per heavy atom. The number of nitrogens with zero attached hydrogens (tertiary/aromatic N) is 1. The fraction of sp³-hybridized carbons (Fsp3) is 0.440. The summed E-state index contributed by atoms with van der Waals surface area (Å²) in [4.78, 5) is 27.1. The zero-order valence-corrected chi connectivity index (χ0v) is 18.5. The Morgan fingerprint density at radius 2 is 1.70 bits per heavy atom. The van der Waals surface area contributed by atoms with Gasteiger partial charge in [0.15, 0.2) is 12.4 Å². The molecule has 8 nitrogen and oxygen atoms in total. The van der Waals surface area contributed by atoms with E-state index in [9.17, 15) is 14.7 Å². The fourth-order valence-corrected chi connectivity index (χ4v) is 4.44. The highest BCUT2D eigenvalue weighted by atomic mass is 16.7. The quantitative estimate of drug-likeness (QED) is 0.445. The predicted octanol–water partition coefficient (Wildman–Crippen LogP) is 1.88. The summed E-state index contributed by atoms with van der Waals surface area (Å²) in [6.07, 6.45) is 0.0341. The second-order valence-corrected chi connectivity index (χ2v) is 8.53. The Bertz CT molecular complexity index is 926. The van der Waals surface area contributed by atoms with Gasteiger partial charge in [-0.3, -0.25) is 14.9 Å². The van der Waals surface area contributed by atoms with Crippen molar-refractivity contribution < 1.29 is 24.2 Å². The normalized spacial score (nSPS) is 25.2. The molecular formula is C25H31N3O5. The monoisotopic (exact) mass is 453 g/mol. The summed E-state index contributed by atoms with van der Waals surface area (Å²) in [5.41, 5.74) is 7.62. The van der Waals surface area contributed by atoms with Crippen molar-refractivity contribution in [1.29, 1.82) is 0 Å². The summed E-state index contributed by atoms with van der Waals surface area (Å²) in [6, 6.07) is 18.5. The van der Waals surface area contributed by atoms with Gasteiger partial charge in [-0.15, -0.1) is 0 Å². The Morgan fingerprint density at radius 1 is 1.03 bits per heavy atom. The third-order valence-corrected chi connectivity index (χ3v) is 6.17. The highest BCUT2D eigenvalue weighted by Crippen LogP contribution is 2.33. The van der Waals surface area contributed by atoms with E-state index < -0.39 is 30.6 Å². The molecule has 0 spiro atoms. The van der Waals surface area contributed by atoms with Gasteiger partial charge in [0.1, 0.15) is 12.3 Å². The summed E-state index contributed by atoms with van der Waals surface area (Å²) < 4.78 is 12.1. The van der Waals surface area contributed by atoms with Crippen LogP contribution >= 0.6 is 0 Å². The molecule has 0 aromatic heterocycles. The van der Waals surface area contributed by atoms with Crippen LogP contribution in [0.4, 0.5) is 0 Å². The van der Waals surface area contributed by atoms with E-state index in [1.54, 1.807) is 0 Å². The van der Waals surface area contributed by atoms with E-state index in [2.05, 4.69) is 5.32 Å². The summed E-state index contributed by atoms with van der Waals surface area (Å²) in [5.74, 6) is -1.18. The molecule has 4 N–H and O–H groups in total. The summed E-state index contributed by atoms with van der Waals surface area (Å²) in [5, 5.41) is 12.7. The number of fused-ring (bicyclic) bond motifs is 2. The number of aliphatic carboxylic acids is 1. The lowest BCUT2D eigenvalue weighted by molar-refractivity contribution is -0.177. The van der Waals surface area contributed by atoms with E-state index in [1.165, 1.54) is 0 Å². The molecule has 2 aliphatic rings. The van der Waals surface area contributed by atoms with Crippen molar-refractivity contribution in [3.8, 4) is 0 Å². The predicted molar refractivity (Wildman–Crippen MR) is 122 cm³/mol. The lowest BCUT2D eigenvalue weighted by atomic mass is 10.0. The topological polar surface area (TPSA) is 114 Å². The number of carboxylic acid groups (broad SMARTS) is 1. The number of carboxylic acids is 1. The van der Waals surface area contributed by atoms with Gasteiger partial charge in [0.2, 0.25) is 0 Å². The zero-order chi connectivity index (χ0) is 23.2. The maximum absolute atomic E-state index is 13.5. The first kappa shape index (κ1) is 23.4. The number of ether oxygens (including phenoxy) is 2. The average Bonchev–Trinajstić information content (AvgIpc) is 3.21. The van der Waals surface area contributed by atoms with E-state index in [1.807, 2.05) is 65.6 Å². The SMILES string of the molecule is NCCCCC(N[C@H]1O[C@H]2O[C@@H]1C(=O)N(Cc1ccccc1)[C@@H]2Cc1ccccc1)C(=O)O. The molecule has 2 heterocycles. The number of nitrogens with one attached hydrogen (secondary N) is 1. The van der Waals surface area contributed by atoms with Gasteiger partial charge in [0, 0.05) is 6.54 Å². The number of rotatable bonds is 11. The Labute approximate surface area is 193 Å². The van der Waals surface area contributed by atoms with Gasteiger partial charge >= 0.3 is 5.97 Å². The molecule has 0 aliphatic carbocycles. The van der Waals surface area contributed by atoms with E-state index in [4.69, 9.17) is 15.2 Å². The molecule has 0 radical (unpaired) electrons. The van der Waals surface area contributed by atoms with E-state index in [0.717, 1.165) is 17.5 Å². The summed E-state index contributed by atoms with van der Waals surface area (Å²) in [6.45, 7) is 0.941. The van der Waals surface area contributed by atoms with Crippen molar-refractivity contribution in [2.75, 3.05) is 6.54 Å². The molecule has 2 aromatic carbocycles. The number of carbonyl (C=O) groups excluding carboxylic acids is 1. The average molecular weight is 454 g/mol. The number of amides is 1. The minimum Gasteiger partial charge on any atom is -0.480 e. The van der Waals surface area contributed by atoms with Crippen LogP contribution in [0.15, 0.2) is 60.7 Å². The van der Waals surface area contributed by atoms with Crippen LogP contribution in [0.3, 0.4) is 0 Å². The Kier molecular flexibility index (Phi) is 7.72. The number of hydrogen-bond donors (Lipinski definition) is 3. The lowest BCUT2D eigenvalue weighted by Crippen LogP contribution is -2.57. The van der Waals surface area contributed by atoms with E-state index in [-0.39, 0.29) is 11.9 Å². The van der Waals surface area contributed by atoms with Crippen LogP contribution in [0.25, 0.3) is 0 Å². The molecule has 4 rings (SSSR count). The maximum atomic E-state index is 13.5. The molecule has 5 atom stereocenters. The van der Waals surface area contributed by atoms with Crippen molar-refractivity contribution in [2.45, 2.75) is 62.9 Å². The molecule has 2 saturated heterocycles. The van der Waals surface area contributed by atoms with Crippen molar-refractivity contribution in [2.24, 2.45) is 5.73 Å². The van der Waals surface area contributed by atoms with E-state index >= 15 is 0 Å². The summed E-state index contributed by atoms with van der Waals surface area (Å²) >= 11 is 0.